The molecule has 0 aliphatic carbocycles. The molecule has 2 nitrogen and oxygen atoms in total. The molecule has 0 saturated carbocycles. The van der Waals surface area contributed by atoms with Crippen LogP contribution in [-0.4, -0.2) is 11.1 Å². The molecule has 110 valence electrons. The number of nitrogens with zero attached hydrogens (tertiary/aromatic N) is 1. The van der Waals surface area contributed by atoms with Gasteiger partial charge in [-0.2, -0.15) is 0 Å². The fourth-order valence-electron chi connectivity index (χ4n) is 2.73. The van der Waals surface area contributed by atoms with Crippen LogP contribution in [0.1, 0.15) is 51.7 Å². The van der Waals surface area contributed by atoms with Gasteiger partial charge < -0.3 is 10.3 Å². The first kappa shape index (κ1) is 15.1. The Morgan fingerprint density at radius 1 is 1.20 bits per heavy atom. The van der Waals surface area contributed by atoms with Crippen molar-refractivity contribution in [2.75, 3.05) is 6.54 Å². The van der Waals surface area contributed by atoms with Gasteiger partial charge in [0, 0.05) is 30.2 Å². The van der Waals surface area contributed by atoms with Gasteiger partial charge in [0.05, 0.1) is 0 Å². The maximum atomic E-state index is 5.74. The van der Waals surface area contributed by atoms with Crippen LogP contribution in [0.4, 0.5) is 0 Å². The molecule has 0 atom stereocenters. The molecule has 0 aliphatic heterocycles. The summed E-state index contributed by atoms with van der Waals surface area (Å²) in [5, 5.41) is 1.42. The number of hydrogen-bond donors (Lipinski definition) is 1. The topological polar surface area (TPSA) is 30.9 Å². The highest BCUT2D eigenvalue weighted by Crippen LogP contribution is 2.29. The molecule has 0 amide bonds. The number of unbranched alkanes of at least 4 members (excludes halogenated alkanes) is 1. The molecule has 0 bridgehead atoms. The minimum absolute atomic E-state index is 0.201. The average Bonchev–Trinajstić information content (AvgIpc) is 2.74. The third-order valence-electron chi connectivity index (χ3n) is 4.00. The summed E-state index contributed by atoms with van der Waals surface area (Å²) in [6, 6.07) is 6.91. The SMILES string of the molecule is CCCCc1cn(CCN)c2ccc(C(C)(C)C)cc12. The maximum Gasteiger partial charge on any atom is 0.0483 e. The van der Waals surface area contributed by atoms with Crippen molar-refractivity contribution < 1.29 is 0 Å². The molecule has 0 saturated heterocycles. The Labute approximate surface area is 123 Å². The molecule has 2 aromatic rings. The van der Waals surface area contributed by atoms with E-state index >= 15 is 0 Å². The lowest BCUT2D eigenvalue weighted by molar-refractivity contribution is 0.591. The van der Waals surface area contributed by atoms with Gasteiger partial charge in [0.1, 0.15) is 0 Å². The highest BCUT2D eigenvalue weighted by atomic mass is 15.0. The van der Waals surface area contributed by atoms with Crippen molar-refractivity contribution in [3.8, 4) is 0 Å². The second kappa shape index (κ2) is 6.01. The highest BCUT2D eigenvalue weighted by molar-refractivity contribution is 5.85. The molecule has 0 aliphatic rings. The molecule has 2 heteroatoms. The van der Waals surface area contributed by atoms with Crippen molar-refractivity contribution in [1.29, 1.82) is 0 Å². The van der Waals surface area contributed by atoms with E-state index in [4.69, 9.17) is 5.73 Å². The Kier molecular flexibility index (Phi) is 4.54. The number of aromatic nitrogens is 1. The smallest absolute Gasteiger partial charge is 0.0483 e. The van der Waals surface area contributed by atoms with Gasteiger partial charge in [-0.15, -0.1) is 0 Å². The molecule has 1 aromatic heterocycles. The maximum absolute atomic E-state index is 5.74. The fourth-order valence-corrected chi connectivity index (χ4v) is 2.73. The standard InChI is InChI=1S/C18H28N2/c1-5-6-7-14-13-20(11-10-19)17-9-8-15(12-16(14)17)18(2,3)4/h8-9,12-13H,5-7,10-11,19H2,1-4H3. The molecule has 20 heavy (non-hydrogen) atoms. The Bertz CT molecular complexity index is 573. The van der Waals surface area contributed by atoms with Crippen molar-refractivity contribution in [1.82, 2.24) is 4.57 Å². The quantitative estimate of drug-likeness (QED) is 0.867. The molecule has 0 fully saturated rings. The third kappa shape index (κ3) is 3.06. The summed E-state index contributed by atoms with van der Waals surface area (Å²) in [7, 11) is 0. The van der Waals surface area contributed by atoms with E-state index in [1.165, 1.54) is 34.9 Å². The Balaban J connectivity index is 2.52. The average molecular weight is 272 g/mol. The minimum atomic E-state index is 0.201. The molecular weight excluding hydrogens is 244 g/mol. The largest absolute Gasteiger partial charge is 0.346 e. The van der Waals surface area contributed by atoms with E-state index in [2.05, 4.69) is 56.7 Å². The van der Waals surface area contributed by atoms with Crippen LogP contribution in [0, 0.1) is 0 Å². The summed E-state index contributed by atoms with van der Waals surface area (Å²) in [4.78, 5) is 0. The Morgan fingerprint density at radius 3 is 2.55 bits per heavy atom. The second-order valence-electron chi connectivity index (χ2n) is 6.72. The van der Waals surface area contributed by atoms with E-state index in [0.717, 1.165) is 13.0 Å². The van der Waals surface area contributed by atoms with Crippen LogP contribution in [0.15, 0.2) is 24.4 Å². The van der Waals surface area contributed by atoms with Crippen molar-refractivity contribution in [2.24, 2.45) is 5.73 Å². The van der Waals surface area contributed by atoms with Crippen molar-refractivity contribution in [3.05, 3.63) is 35.5 Å². The van der Waals surface area contributed by atoms with E-state index in [-0.39, 0.29) is 5.41 Å². The second-order valence-corrected chi connectivity index (χ2v) is 6.72. The predicted molar refractivity (Wildman–Crippen MR) is 88.3 cm³/mol. The molecule has 0 unspecified atom stereocenters. The summed E-state index contributed by atoms with van der Waals surface area (Å²) < 4.78 is 2.31. The molecule has 1 aromatic carbocycles. The number of aryl methyl sites for hydroxylation is 1. The van der Waals surface area contributed by atoms with Crippen LogP contribution in [0.3, 0.4) is 0 Å². The zero-order valence-electron chi connectivity index (χ0n) is 13.4. The number of nitrogens with two attached hydrogens (primary N) is 1. The number of benzene rings is 1. The zero-order valence-corrected chi connectivity index (χ0v) is 13.4. The Hall–Kier alpha value is -1.28. The van der Waals surface area contributed by atoms with E-state index in [1.807, 2.05) is 0 Å². The van der Waals surface area contributed by atoms with Crippen LogP contribution < -0.4 is 5.73 Å². The minimum Gasteiger partial charge on any atom is -0.346 e. The summed E-state index contributed by atoms with van der Waals surface area (Å²) in [5.41, 5.74) is 10.2. The van der Waals surface area contributed by atoms with E-state index in [1.54, 1.807) is 0 Å². The van der Waals surface area contributed by atoms with Gasteiger partial charge in [0.25, 0.3) is 0 Å². The Morgan fingerprint density at radius 2 is 1.95 bits per heavy atom. The first-order valence-electron chi connectivity index (χ1n) is 7.79. The zero-order chi connectivity index (χ0) is 14.8. The highest BCUT2D eigenvalue weighted by Gasteiger charge is 2.16. The molecule has 0 radical (unpaired) electrons. The molecular formula is C18H28N2. The van der Waals surface area contributed by atoms with Gasteiger partial charge >= 0.3 is 0 Å². The lowest BCUT2D eigenvalue weighted by Crippen LogP contribution is -2.11. The van der Waals surface area contributed by atoms with Crippen LogP contribution in [0.25, 0.3) is 10.9 Å². The summed E-state index contributed by atoms with van der Waals surface area (Å²) in [6.07, 6.45) is 5.96. The van der Waals surface area contributed by atoms with E-state index < -0.39 is 0 Å². The van der Waals surface area contributed by atoms with Gasteiger partial charge in [-0.05, 0) is 41.5 Å². The molecule has 0 spiro atoms. The van der Waals surface area contributed by atoms with Crippen molar-refractivity contribution in [3.63, 3.8) is 0 Å². The number of hydrogen-bond acceptors (Lipinski definition) is 1. The first-order valence-corrected chi connectivity index (χ1v) is 7.79. The predicted octanol–water partition coefficient (Wildman–Crippen LogP) is 4.24. The van der Waals surface area contributed by atoms with Gasteiger partial charge in [-0.3, -0.25) is 0 Å². The molecule has 1 heterocycles. The first-order chi connectivity index (χ1) is 9.47. The van der Waals surface area contributed by atoms with Gasteiger partial charge in [-0.25, -0.2) is 0 Å². The third-order valence-corrected chi connectivity index (χ3v) is 4.00. The van der Waals surface area contributed by atoms with Gasteiger partial charge in [-0.1, -0.05) is 40.2 Å². The summed E-state index contributed by atoms with van der Waals surface area (Å²) >= 11 is 0. The normalized spacial score (nSPS) is 12.2. The summed E-state index contributed by atoms with van der Waals surface area (Å²) in [5.74, 6) is 0. The number of fused-ring (bicyclic) bond motifs is 1. The lowest BCUT2D eigenvalue weighted by Gasteiger charge is -2.19. The van der Waals surface area contributed by atoms with E-state index in [0.29, 0.717) is 6.54 Å². The molecule has 2 rings (SSSR count). The van der Waals surface area contributed by atoms with Crippen LogP contribution in [0.5, 0.6) is 0 Å². The van der Waals surface area contributed by atoms with Crippen LogP contribution in [-0.2, 0) is 18.4 Å². The van der Waals surface area contributed by atoms with Gasteiger partial charge in [0.2, 0.25) is 0 Å². The van der Waals surface area contributed by atoms with Crippen molar-refractivity contribution >= 4 is 10.9 Å². The van der Waals surface area contributed by atoms with Crippen LogP contribution >= 0.6 is 0 Å². The fraction of sp³-hybridized carbons (Fsp3) is 0.556. The summed E-state index contributed by atoms with van der Waals surface area (Å²) in [6.45, 7) is 10.7. The lowest BCUT2D eigenvalue weighted by atomic mass is 9.86. The van der Waals surface area contributed by atoms with Gasteiger partial charge in [0.15, 0.2) is 0 Å². The number of rotatable bonds is 5. The molecule has 2 N–H and O–H groups in total. The van der Waals surface area contributed by atoms with E-state index in [9.17, 15) is 0 Å². The van der Waals surface area contributed by atoms with Crippen LogP contribution in [0.2, 0.25) is 0 Å². The monoisotopic (exact) mass is 272 g/mol. The van der Waals surface area contributed by atoms with Crippen molar-refractivity contribution in [2.45, 2.75) is 58.9 Å².